The van der Waals surface area contributed by atoms with Crippen LogP contribution < -0.4 is 16.4 Å². The molecule has 0 radical (unpaired) electrons. The number of hydrogen-bond donors (Lipinski definition) is 3. The first-order valence-electron chi connectivity index (χ1n) is 11.0. The third kappa shape index (κ3) is 4.31. The summed E-state index contributed by atoms with van der Waals surface area (Å²) in [7, 11) is 0. The van der Waals surface area contributed by atoms with Gasteiger partial charge in [0, 0.05) is 29.4 Å². The summed E-state index contributed by atoms with van der Waals surface area (Å²) in [4.78, 5) is 24.8. The number of rotatable bonds is 4. The van der Waals surface area contributed by atoms with Crippen LogP contribution in [0.5, 0.6) is 0 Å². The molecule has 1 aromatic carbocycles. The molecule has 2 amide bonds. The van der Waals surface area contributed by atoms with E-state index in [9.17, 15) is 4.79 Å². The van der Waals surface area contributed by atoms with E-state index in [2.05, 4.69) is 35.8 Å². The minimum atomic E-state index is -0.677. The van der Waals surface area contributed by atoms with Gasteiger partial charge in [-0.25, -0.2) is 23.8 Å². The second-order valence-corrected chi connectivity index (χ2v) is 9.02. The molecule has 0 unspecified atom stereocenters. The molecular formula is C24H22FN9O2. The molecule has 11 nitrogen and oxygen atoms in total. The van der Waals surface area contributed by atoms with Crippen LogP contribution in [0, 0.1) is 5.82 Å². The first-order chi connectivity index (χ1) is 17.2. The van der Waals surface area contributed by atoms with Crippen LogP contribution in [0.2, 0.25) is 0 Å². The van der Waals surface area contributed by atoms with Gasteiger partial charge in [0.15, 0.2) is 5.65 Å². The highest BCUT2D eigenvalue weighted by Crippen LogP contribution is 2.33. The van der Waals surface area contributed by atoms with Gasteiger partial charge in [-0.3, -0.25) is 10.3 Å². The molecule has 4 aromatic heterocycles. The normalized spacial score (nSPS) is 11.6. The Kier molecular flexibility index (Phi) is 5.55. The minimum Gasteiger partial charge on any atom is -0.383 e. The average Bonchev–Trinajstić information content (AvgIpc) is 3.47. The Hall–Kier alpha value is -4.87. The van der Waals surface area contributed by atoms with Crippen LogP contribution in [0.3, 0.4) is 0 Å². The molecule has 12 heteroatoms. The van der Waals surface area contributed by atoms with Crippen molar-refractivity contribution in [1.29, 1.82) is 0 Å². The van der Waals surface area contributed by atoms with E-state index in [-0.39, 0.29) is 22.8 Å². The molecule has 0 aliphatic heterocycles. The van der Waals surface area contributed by atoms with Gasteiger partial charge in [-0.15, -0.1) is 0 Å². The smallest absolute Gasteiger partial charge is 0.326 e. The first-order valence-corrected chi connectivity index (χ1v) is 11.0. The Labute approximate surface area is 204 Å². The summed E-state index contributed by atoms with van der Waals surface area (Å²) in [5, 5.41) is 14.0. The molecule has 0 aliphatic carbocycles. The highest BCUT2D eigenvalue weighted by Gasteiger charge is 2.21. The molecule has 0 spiro atoms. The van der Waals surface area contributed by atoms with Gasteiger partial charge in [-0.05, 0) is 24.3 Å². The van der Waals surface area contributed by atoms with Crippen LogP contribution >= 0.6 is 0 Å². The predicted octanol–water partition coefficient (Wildman–Crippen LogP) is 4.53. The van der Waals surface area contributed by atoms with Crippen LogP contribution in [0.15, 0.2) is 59.6 Å². The van der Waals surface area contributed by atoms with Crippen molar-refractivity contribution in [1.82, 2.24) is 29.9 Å². The van der Waals surface area contributed by atoms with E-state index in [4.69, 9.17) is 10.3 Å². The van der Waals surface area contributed by atoms with Crippen molar-refractivity contribution in [3.8, 4) is 16.9 Å². The van der Waals surface area contributed by atoms with Gasteiger partial charge in [0.2, 0.25) is 5.88 Å². The standard InChI is InChI=1S/C24H22FN9O2/c1-24(2,3)17-11-18(36-33-17)31-23(35)30-16-5-4-13(10-15(16)25)20-19-21(26)28-12-29-22(19)34(32-20)14-6-8-27-9-7-14/h4-12H,1-3H3,(H2,26,28,29)(H2,30,31,35). The van der Waals surface area contributed by atoms with Gasteiger partial charge in [-0.1, -0.05) is 32.0 Å². The second kappa shape index (κ2) is 8.73. The topological polar surface area (TPSA) is 150 Å². The maximum atomic E-state index is 15.0. The maximum absolute atomic E-state index is 15.0. The lowest BCUT2D eigenvalue weighted by atomic mass is 9.92. The number of carbonyl (C=O) groups is 1. The molecule has 0 saturated carbocycles. The number of nitrogens with zero attached hydrogens (tertiary/aromatic N) is 6. The zero-order chi connectivity index (χ0) is 25.4. The molecule has 0 fully saturated rings. The molecule has 5 aromatic rings. The van der Waals surface area contributed by atoms with Crippen molar-refractivity contribution in [3.63, 3.8) is 0 Å². The van der Waals surface area contributed by atoms with E-state index in [1.807, 2.05) is 20.8 Å². The van der Waals surface area contributed by atoms with Gasteiger partial charge >= 0.3 is 6.03 Å². The van der Waals surface area contributed by atoms with Crippen LogP contribution in [-0.4, -0.2) is 35.9 Å². The fourth-order valence-corrected chi connectivity index (χ4v) is 3.56. The van der Waals surface area contributed by atoms with Gasteiger partial charge < -0.3 is 15.6 Å². The second-order valence-electron chi connectivity index (χ2n) is 9.02. The zero-order valence-corrected chi connectivity index (χ0v) is 19.7. The molecule has 5 rings (SSSR count). The molecule has 4 heterocycles. The van der Waals surface area contributed by atoms with Crippen LogP contribution in [0.1, 0.15) is 26.5 Å². The number of carbonyl (C=O) groups excluding carboxylic acids is 1. The molecule has 4 N–H and O–H groups in total. The lowest BCUT2D eigenvalue weighted by Gasteiger charge is -2.12. The Bertz CT molecular complexity index is 1570. The van der Waals surface area contributed by atoms with Crippen molar-refractivity contribution in [2.24, 2.45) is 0 Å². The number of pyridine rings is 1. The average molecular weight is 487 g/mol. The SMILES string of the molecule is CC(C)(C)c1cc(NC(=O)Nc2ccc(-c3nn(-c4ccncc4)c4ncnc(N)c34)cc2F)on1. The highest BCUT2D eigenvalue weighted by molar-refractivity contribution is 6.01. The van der Waals surface area contributed by atoms with E-state index in [0.717, 1.165) is 0 Å². The Balaban J connectivity index is 1.43. The number of urea groups is 1. The van der Waals surface area contributed by atoms with Crippen molar-refractivity contribution in [3.05, 3.63) is 66.6 Å². The fourth-order valence-electron chi connectivity index (χ4n) is 3.56. The third-order valence-electron chi connectivity index (χ3n) is 5.41. The summed E-state index contributed by atoms with van der Waals surface area (Å²) in [5.41, 5.74) is 8.53. The molecule has 0 atom stereocenters. The lowest BCUT2D eigenvalue weighted by Crippen LogP contribution is -2.20. The van der Waals surface area contributed by atoms with E-state index < -0.39 is 11.8 Å². The van der Waals surface area contributed by atoms with Gasteiger partial charge in [0.05, 0.1) is 22.5 Å². The number of fused-ring (bicyclic) bond motifs is 1. The number of amides is 2. The van der Waals surface area contributed by atoms with Crippen LogP contribution in [0.25, 0.3) is 28.0 Å². The Morgan fingerprint density at radius 3 is 2.56 bits per heavy atom. The molecule has 0 bridgehead atoms. The third-order valence-corrected chi connectivity index (χ3v) is 5.41. The number of aromatic nitrogens is 6. The minimum absolute atomic E-state index is 0.0334. The monoisotopic (exact) mass is 487 g/mol. The molecular weight excluding hydrogens is 465 g/mol. The molecule has 36 heavy (non-hydrogen) atoms. The summed E-state index contributed by atoms with van der Waals surface area (Å²) >= 11 is 0. The number of anilines is 3. The van der Waals surface area contributed by atoms with Gasteiger partial charge in [-0.2, -0.15) is 5.10 Å². The molecule has 0 aliphatic rings. The largest absolute Gasteiger partial charge is 0.383 e. The summed E-state index contributed by atoms with van der Waals surface area (Å²) in [5.74, 6) is -0.311. The summed E-state index contributed by atoms with van der Waals surface area (Å²) in [6.07, 6.45) is 4.59. The van der Waals surface area contributed by atoms with Crippen molar-refractivity contribution in [2.45, 2.75) is 26.2 Å². The number of nitrogen functional groups attached to an aromatic ring is 1. The maximum Gasteiger partial charge on any atom is 0.326 e. The van der Waals surface area contributed by atoms with Crippen molar-refractivity contribution >= 4 is 34.5 Å². The lowest BCUT2D eigenvalue weighted by molar-refractivity contribution is 0.261. The number of nitrogens with two attached hydrogens (primary N) is 1. The van der Waals surface area contributed by atoms with E-state index in [1.165, 1.54) is 18.5 Å². The fraction of sp³-hybridized carbons (Fsp3) is 0.167. The molecule has 0 saturated heterocycles. The van der Waals surface area contributed by atoms with Crippen LogP contribution in [0.4, 0.5) is 26.6 Å². The first kappa shape index (κ1) is 22.9. The highest BCUT2D eigenvalue weighted by atomic mass is 19.1. The van der Waals surface area contributed by atoms with E-state index >= 15 is 4.39 Å². The van der Waals surface area contributed by atoms with Crippen LogP contribution in [-0.2, 0) is 5.41 Å². The number of nitrogens with one attached hydrogen (secondary N) is 2. The molecule has 182 valence electrons. The van der Waals surface area contributed by atoms with Gasteiger partial charge in [0.1, 0.15) is 23.7 Å². The summed E-state index contributed by atoms with van der Waals surface area (Å²) < 4.78 is 21.8. The van der Waals surface area contributed by atoms with E-state index in [0.29, 0.717) is 33.7 Å². The summed E-state index contributed by atoms with van der Waals surface area (Å²) in [6, 6.07) is 8.78. The number of hydrogen-bond acceptors (Lipinski definition) is 8. The van der Waals surface area contributed by atoms with Crippen molar-refractivity contribution in [2.75, 3.05) is 16.4 Å². The summed E-state index contributed by atoms with van der Waals surface area (Å²) in [6.45, 7) is 5.90. The Morgan fingerprint density at radius 1 is 1.08 bits per heavy atom. The zero-order valence-electron chi connectivity index (χ0n) is 19.7. The predicted molar refractivity (Wildman–Crippen MR) is 132 cm³/mol. The number of halogens is 1. The Morgan fingerprint density at radius 2 is 1.86 bits per heavy atom. The number of benzene rings is 1. The van der Waals surface area contributed by atoms with E-state index in [1.54, 1.807) is 41.3 Å². The van der Waals surface area contributed by atoms with Crippen molar-refractivity contribution < 1.29 is 13.7 Å². The quantitative estimate of drug-likeness (QED) is 0.335. The van der Waals surface area contributed by atoms with Gasteiger partial charge in [0.25, 0.3) is 0 Å².